The van der Waals surface area contributed by atoms with E-state index in [1.165, 1.54) is 28.3 Å². The molecule has 2 N–H and O–H groups in total. The normalized spacial score (nSPS) is 16.6. The van der Waals surface area contributed by atoms with Gasteiger partial charge in [-0.3, -0.25) is 0 Å². The summed E-state index contributed by atoms with van der Waals surface area (Å²) in [6, 6.07) is 33.0. The molecule has 1 aliphatic heterocycles. The maximum absolute atomic E-state index is 6.20. The average molecular weight is 591 g/mol. The summed E-state index contributed by atoms with van der Waals surface area (Å²) < 4.78 is 5.41. The third-order valence-corrected chi connectivity index (χ3v) is 8.17. The van der Waals surface area contributed by atoms with Crippen molar-refractivity contribution in [2.75, 3.05) is 6.54 Å². The summed E-state index contributed by atoms with van der Waals surface area (Å²) in [4.78, 5) is 5.72. The number of benzene rings is 4. The third kappa shape index (κ3) is 6.25. The van der Waals surface area contributed by atoms with Crippen molar-refractivity contribution in [3.63, 3.8) is 0 Å². The van der Waals surface area contributed by atoms with Crippen LogP contribution in [0.2, 0.25) is 10.8 Å². The van der Waals surface area contributed by atoms with Crippen molar-refractivity contribution in [1.29, 1.82) is 0 Å². The Morgan fingerprint density at radius 2 is 1.70 bits per heavy atom. The predicted octanol–water partition coefficient (Wildman–Crippen LogP) is 6.82. The van der Waals surface area contributed by atoms with Gasteiger partial charge in [-0.1, -0.05) is 0 Å². The summed E-state index contributed by atoms with van der Waals surface area (Å²) >= 11 is 7.65. The molecular formula is C29H26ClN5SSe. The van der Waals surface area contributed by atoms with E-state index >= 15 is 0 Å². The molecule has 0 saturated heterocycles. The molecule has 0 aromatic heterocycles. The number of hydrazone groups is 1. The predicted molar refractivity (Wildman–Crippen MR) is 159 cm³/mol. The molecule has 0 amide bonds. The van der Waals surface area contributed by atoms with Crippen LogP contribution in [-0.4, -0.2) is 42.9 Å². The van der Waals surface area contributed by atoms with Crippen LogP contribution in [0.15, 0.2) is 116 Å². The first-order valence-corrected chi connectivity index (χ1v) is 15.6. The van der Waals surface area contributed by atoms with Crippen LogP contribution in [0, 0.1) is 0 Å². The van der Waals surface area contributed by atoms with Crippen LogP contribution in [0.5, 0.6) is 0 Å². The zero-order valence-corrected chi connectivity index (χ0v) is 23.6. The fraction of sp³-hybridized carbons (Fsp3) is 0.138. The Bertz CT molecular complexity index is 1470. The van der Waals surface area contributed by atoms with Crippen LogP contribution in [-0.2, 0) is 0 Å². The molecule has 1 aliphatic rings. The van der Waals surface area contributed by atoms with E-state index in [1.807, 2.05) is 53.3 Å². The van der Waals surface area contributed by atoms with Crippen LogP contribution in [0.25, 0.3) is 10.8 Å². The summed E-state index contributed by atoms with van der Waals surface area (Å²) in [7, 11) is 0. The Balaban J connectivity index is 1.52. The molecular weight excluding hydrogens is 565 g/mol. The van der Waals surface area contributed by atoms with Crippen LogP contribution in [0.4, 0.5) is 0 Å². The van der Waals surface area contributed by atoms with Gasteiger partial charge >= 0.3 is 234 Å². The van der Waals surface area contributed by atoms with Crippen molar-refractivity contribution < 1.29 is 0 Å². The molecule has 4 aromatic rings. The fourth-order valence-electron chi connectivity index (χ4n) is 4.26. The minimum atomic E-state index is 0.0689. The molecule has 4 aromatic carbocycles. The quantitative estimate of drug-likeness (QED) is 0.120. The molecule has 1 atom stereocenters. The van der Waals surface area contributed by atoms with E-state index in [1.54, 1.807) is 0 Å². The first-order valence-electron chi connectivity index (χ1n) is 11.9. The standard InChI is InChI=1S/C29H26ClN5SSe/c1-37-28(31)32-29(34-36-25-16-13-20-7-5-6-10-23(20)19-25)35-18-17-26(21-8-3-2-4-9-21)27(33-35)22-11-14-24(30)15-12-22/h2-16,19,26H,17-18H2,1H3,(H2,31,32,34). The molecule has 0 saturated carbocycles. The number of rotatable bonds is 5. The number of amidine groups is 1. The topological polar surface area (TPSA) is 66.3 Å². The number of halogens is 1. The van der Waals surface area contributed by atoms with Crippen molar-refractivity contribution in [3.05, 3.63) is 113 Å². The summed E-state index contributed by atoms with van der Waals surface area (Å²) in [5, 5.41) is 10.1. The molecule has 0 aliphatic carbocycles. The molecule has 0 fully saturated rings. The molecule has 5 nitrogen and oxygen atoms in total. The third-order valence-electron chi connectivity index (χ3n) is 6.13. The molecule has 5 rings (SSSR count). The van der Waals surface area contributed by atoms with E-state index in [-0.39, 0.29) is 20.9 Å². The Morgan fingerprint density at radius 1 is 0.973 bits per heavy atom. The van der Waals surface area contributed by atoms with Crippen molar-refractivity contribution >= 4 is 65.7 Å². The average Bonchev–Trinajstić information content (AvgIpc) is 2.95. The van der Waals surface area contributed by atoms with Crippen LogP contribution < -0.4 is 5.73 Å². The van der Waals surface area contributed by atoms with Gasteiger partial charge in [-0.05, 0) is 0 Å². The Kier molecular flexibility index (Phi) is 8.27. The van der Waals surface area contributed by atoms with E-state index in [0.29, 0.717) is 22.3 Å². The number of nitrogens with zero attached hydrogens (tertiary/aromatic N) is 4. The summed E-state index contributed by atoms with van der Waals surface area (Å²) in [6.07, 6.45) is 0.873. The van der Waals surface area contributed by atoms with E-state index in [2.05, 4.69) is 59.6 Å². The monoisotopic (exact) mass is 591 g/mol. The summed E-state index contributed by atoms with van der Waals surface area (Å²) in [5.41, 5.74) is 9.43. The van der Waals surface area contributed by atoms with Crippen molar-refractivity contribution in [3.8, 4) is 0 Å². The number of hydrogen-bond donors (Lipinski definition) is 1. The second kappa shape index (κ2) is 12.0. The number of nitrogens with two attached hydrogens (primary N) is 1. The van der Waals surface area contributed by atoms with Gasteiger partial charge in [0.05, 0.1) is 0 Å². The molecule has 0 bridgehead atoms. The van der Waals surface area contributed by atoms with E-state index < -0.39 is 0 Å². The molecule has 37 heavy (non-hydrogen) atoms. The first kappa shape index (κ1) is 25.6. The number of fused-ring (bicyclic) bond motifs is 1. The van der Waals surface area contributed by atoms with Gasteiger partial charge in [0.25, 0.3) is 0 Å². The van der Waals surface area contributed by atoms with Crippen molar-refractivity contribution in [1.82, 2.24) is 5.01 Å². The zero-order valence-electron chi connectivity index (χ0n) is 20.3. The van der Waals surface area contributed by atoms with Crippen LogP contribution in [0.1, 0.15) is 23.5 Å². The van der Waals surface area contributed by atoms with Crippen molar-refractivity contribution in [2.45, 2.75) is 23.1 Å². The van der Waals surface area contributed by atoms with Gasteiger partial charge < -0.3 is 0 Å². The summed E-state index contributed by atoms with van der Waals surface area (Å²) in [6.45, 7) is 0.682. The Morgan fingerprint density at radius 3 is 2.46 bits per heavy atom. The second-order valence-corrected chi connectivity index (χ2v) is 11.5. The molecule has 1 unspecified atom stereocenters. The molecule has 8 heteroatoms. The van der Waals surface area contributed by atoms with E-state index in [0.717, 1.165) is 22.6 Å². The van der Waals surface area contributed by atoms with Gasteiger partial charge in [0, 0.05) is 0 Å². The van der Waals surface area contributed by atoms with E-state index in [9.17, 15) is 0 Å². The number of aliphatic imine (C=N–C) groups is 1. The van der Waals surface area contributed by atoms with Gasteiger partial charge in [-0.25, -0.2) is 0 Å². The first-order chi connectivity index (χ1) is 18.1. The second-order valence-electron chi connectivity index (χ2n) is 8.51. The Hall–Kier alpha value is -3.09. The van der Waals surface area contributed by atoms with E-state index in [4.69, 9.17) is 26.8 Å². The molecule has 0 radical (unpaired) electrons. The fourth-order valence-corrected chi connectivity index (χ4v) is 5.38. The van der Waals surface area contributed by atoms with Gasteiger partial charge in [-0.15, -0.1) is 0 Å². The minimum absolute atomic E-state index is 0.0689. The van der Waals surface area contributed by atoms with Gasteiger partial charge in [0.15, 0.2) is 0 Å². The van der Waals surface area contributed by atoms with Gasteiger partial charge in [0.1, 0.15) is 0 Å². The molecule has 186 valence electrons. The number of guanidine groups is 1. The van der Waals surface area contributed by atoms with Crippen LogP contribution >= 0.6 is 23.5 Å². The van der Waals surface area contributed by atoms with Crippen molar-refractivity contribution in [2.24, 2.45) is 20.2 Å². The molecule has 0 spiro atoms. The zero-order chi connectivity index (χ0) is 25.6. The van der Waals surface area contributed by atoms with Gasteiger partial charge in [0.2, 0.25) is 0 Å². The summed E-state index contributed by atoms with van der Waals surface area (Å²) in [5.74, 6) is 2.71. The van der Waals surface area contributed by atoms with Gasteiger partial charge in [-0.2, -0.15) is 0 Å². The number of hydrogen-bond acceptors (Lipinski definition) is 3. The molecule has 1 heterocycles. The Labute approximate surface area is 232 Å². The SMILES string of the molecule is C[Se]/C(N)=N\C(=N\Sc1ccc2ccccc2c1)N1CCC(c2ccccc2)C(c2ccc(Cl)cc2)=N1. The maximum atomic E-state index is 6.20. The van der Waals surface area contributed by atoms with Crippen LogP contribution in [0.3, 0.4) is 0 Å².